The van der Waals surface area contributed by atoms with Gasteiger partial charge in [0.1, 0.15) is 11.4 Å². The quantitative estimate of drug-likeness (QED) is 0.735. The molecule has 3 rings (SSSR count). The Morgan fingerprint density at radius 3 is 2.73 bits per heavy atom. The van der Waals surface area contributed by atoms with Crippen LogP contribution in [0.5, 0.6) is 5.75 Å². The monoisotopic (exact) mass is 384 g/mol. The largest absolute Gasteiger partial charge is 0.485 e. The summed E-state index contributed by atoms with van der Waals surface area (Å²) in [4.78, 5) is 17.5. The van der Waals surface area contributed by atoms with Crippen LogP contribution in [0.3, 0.4) is 0 Å². The van der Waals surface area contributed by atoms with Crippen LogP contribution in [-0.4, -0.2) is 63.2 Å². The van der Waals surface area contributed by atoms with Crippen LogP contribution < -0.4 is 9.29 Å². The number of alkyl halides is 3. The summed E-state index contributed by atoms with van der Waals surface area (Å²) in [5, 5.41) is 0. The number of ether oxygens (including phenoxy) is 2. The normalized spacial score (nSPS) is 24.7. The van der Waals surface area contributed by atoms with E-state index in [1.54, 1.807) is 6.20 Å². The van der Waals surface area contributed by atoms with Crippen molar-refractivity contribution >= 4 is 26.9 Å². The van der Waals surface area contributed by atoms with Crippen LogP contribution in [0, 0.1) is 5.92 Å². The topological polar surface area (TPSA) is 51.7 Å². The lowest BCUT2D eigenvalue weighted by Gasteiger charge is -2.39. The average Bonchev–Trinajstić information content (AvgIpc) is 2.90. The molecule has 1 aromatic rings. The Morgan fingerprint density at radius 2 is 2.12 bits per heavy atom. The van der Waals surface area contributed by atoms with Gasteiger partial charge in [-0.2, -0.15) is 13.2 Å². The minimum atomic E-state index is -4.55. The molecule has 2 aliphatic heterocycles. The number of carbonyl (C=O) groups is 1. The number of halogens is 3. The van der Waals surface area contributed by atoms with E-state index in [1.165, 1.54) is 4.90 Å². The third-order valence-corrected chi connectivity index (χ3v) is 5.53. The highest BCUT2D eigenvalue weighted by atomic mass is 27.0. The zero-order valence-corrected chi connectivity index (χ0v) is 15.8. The van der Waals surface area contributed by atoms with Crippen LogP contribution in [0.2, 0.25) is 0 Å². The van der Waals surface area contributed by atoms with Gasteiger partial charge in [-0.25, -0.2) is 4.79 Å². The minimum absolute atomic E-state index is 0.201. The molecule has 2 atom stereocenters. The molecule has 2 radical (unpaired) electrons. The van der Waals surface area contributed by atoms with Crippen molar-refractivity contribution in [3.63, 3.8) is 0 Å². The van der Waals surface area contributed by atoms with Gasteiger partial charge in [-0.1, -0.05) is 10.6 Å². The molecule has 0 bridgehead atoms. The molecule has 2 unspecified atom stereocenters. The molecule has 9 heteroatoms. The fourth-order valence-electron chi connectivity index (χ4n) is 3.59. The molecule has 1 amide bonds. The number of fused-ring (bicyclic) bond motifs is 1. The van der Waals surface area contributed by atoms with Gasteiger partial charge in [-0.15, -0.1) is 0 Å². The van der Waals surface area contributed by atoms with Crippen LogP contribution in [0.15, 0.2) is 12.3 Å². The molecule has 3 heterocycles. The number of rotatable bonds is 2. The van der Waals surface area contributed by atoms with Gasteiger partial charge in [0.2, 0.25) is 16.3 Å². The molecule has 2 aliphatic rings. The van der Waals surface area contributed by atoms with Gasteiger partial charge >= 0.3 is 12.3 Å². The summed E-state index contributed by atoms with van der Waals surface area (Å²) in [6.07, 6.45) is -3.78. The maximum atomic E-state index is 12.5. The second kappa shape index (κ2) is 6.93. The number of nitrogens with zero attached hydrogens (tertiary/aromatic N) is 2. The van der Waals surface area contributed by atoms with Gasteiger partial charge in [-0.05, 0) is 32.3 Å². The second-order valence-electron chi connectivity index (χ2n) is 7.14. The summed E-state index contributed by atoms with van der Waals surface area (Å²) in [7, 11) is 0. The Morgan fingerprint density at radius 1 is 1.46 bits per heavy atom. The molecule has 1 fully saturated rings. The molecule has 0 saturated carbocycles. The average molecular weight is 384 g/mol. The van der Waals surface area contributed by atoms with Gasteiger partial charge in [0, 0.05) is 25.4 Å². The van der Waals surface area contributed by atoms with E-state index in [1.807, 2.05) is 13.0 Å². The number of hydrogen-bond acceptors (Lipinski definition) is 4. The van der Waals surface area contributed by atoms with E-state index in [9.17, 15) is 18.0 Å². The van der Waals surface area contributed by atoms with Crippen molar-refractivity contribution in [1.82, 2.24) is 9.88 Å². The summed E-state index contributed by atoms with van der Waals surface area (Å²) in [6.45, 7) is 3.59. The smallest absolute Gasteiger partial charge is 0.425 e. The maximum absolute atomic E-state index is 12.5. The third kappa shape index (κ3) is 3.94. The Kier molecular flexibility index (Phi) is 5.15. The molecule has 1 aromatic heterocycles. The van der Waals surface area contributed by atoms with Crippen LogP contribution in [-0.2, 0) is 11.2 Å². The number of carbonyl (C=O) groups excluding carboxylic acids is 1. The van der Waals surface area contributed by atoms with E-state index in [4.69, 9.17) is 4.74 Å². The van der Waals surface area contributed by atoms with Crippen molar-refractivity contribution in [2.45, 2.75) is 51.0 Å². The fraction of sp³-hybridized carbons (Fsp3) is 0.647. The predicted octanol–water partition coefficient (Wildman–Crippen LogP) is 2.37. The van der Waals surface area contributed by atoms with Gasteiger partial charge in [0.05, 0.1) is 6.20 Å². The first-order chi connectivity index (χ1) is 12.1. The third-order valence-electron chi connectivity index (χ3n) is 5.21. The van der Waals surface area contributed by atoms with Crippen LogP contribution >= 0.6 is 0 Å². The molecule has 1 saturated heterocycles. The molecular weight excluding hydrogens is 364 g/mol. The highest BCUT2D eigenvalue weighted by Crippen LogP contribution is 2.42. The van der Waals surface area contributed by atoms with E-state index in [-0.39, 0.29) is 5.92 Å². The minimum Gasteiger partial charge on any atom is -0.485 e. The number of piperidine rings is 1. The second-order valence-corrected chi connectivity index (χ2v) is 7.73. The van der Waals surface area contributed by atoms with Gasteiger partial charge in [0.15, 0.2) is 6.10 Å². The molecule has 5 nitrogen and oxygen atoms in total. The highest BCUT2D eigenvalue weighted by molar-refractivity contribution is 6.30. The SMILES string of the molecule is CC(OC(=O)N1CCC(C2(C)Cc3c[c]([Al])ncc3O2)CC1)C(F)(F)F. The lowest BCUT2D eigenvalue weighted by molar-refractivity contribution is -0.200. The van der Waals surface area contributed by atoms with Crippen LogP contribution in [0.25, 0.3) is 0 Å². The number of amides is 1. The lowest BCUT2D eigenvalue weighted by Crippen LogP contribution is -2.48. The van der Waals surface area contributed by atoms with Crippen molar-refractivity contribution in [3.05, 3.63) is 17.8 Å². The molecule has 0 spiro atoms. The number of likely N-dealkylation sites (tertiary alicyclic amines) is 1. The van der Waals surface area contributed by atoms with Crippen LogP contribution in [0.4, 0.5) is 18.0 Å². The first-order valence-electron chi connectivity index (χ1n) is 8.54. The summed E-state index contributed by atoms with van der Waals surface area (Å²) < 4.78 is 49.1. The van der Waals surface area contributed by atoms with Crippen molar-refractivity contribution in [3.8, 4) is 5.75 Å². The molecule has 26 heavy (non-hydrogen) atoms. The first-order valence-corrected chi connectivity index (χ1v) is 9.12. The van der Waals surface area contributed by atoms with E-state index in [0.29, 0.717) is 25.9 Å². The maximum Gasteiger partial charge on any atom is 0.425 e. The van der Waals surface area contributed by atoms with Gasteiger partial charge in [-0.3, -0.25) is 4.98 Å². The van der Waals surface area contributed by atoms with Gasteiger partial charge in [0.25, 0.3) is 0 Å². The molecule has 0 aliphatic carbocycles. The zero-order chi connectivity index (χ0) is 19.1. The summed E-state index contributed by atoms with van der Waals surface area (Å²) in [5.41, 5.74) is 0.714. The molecule has 140 valence electrons. The van der Waals surface area contributed by atoms with Crippen molar-refractivity contribution in [1.29, 1.82) is 0 Å². The summed E-state index contributed by atoms with van der Waals surface area (Å²) in [6, 6.07) is 1.98. The lowest BCUT2D eigenvalue weighted by atomic mass is 9.79. The summed E-state index contributed by atoms with van der Waals surface area (Å²) >= 11 is 2.56. The van der Waals surface area contributed by atoms with Crippen LogP contribution in [0.1, 0.15) is 32.3 Å². The number of hydrogen-bond donors (Lipinski definition) is 0. The Hall–Kier alpha value is -1.46. The number of pyridine rings is 1. The fourth-order valence-corrected chi connectivity index (χ4v) is 3.87. The van der Waals surface area contributed by atoms with Crippen molar-refractivity contribution in [2.75, 3.05) is 13.1 Å². The Bertz CT molecular complexity index is 692. The van der Waals surface area contributed by atoms with Crippen molar-refractivity contribution < 1.29 is 27.4 Å². The van der Waals surface area contributed by atoms with E-state index in [2.05, 4.69) is 26.0 Å². The van der Waals surface area contributed by atoms with E-state index in [0.717, 1.165) is 29.2 Å². The van der Waals surface area contributed by atoms with Gasteiger partial charge < -0.3 is 14.4 Å². The molecule has 0 aromatic carbocycles. The highest BCUT2D eigenvalue weighted by Gasteiger charge is 2.45. The number of aromatic nitrogens is 1. The van der Waals surface area contributed by atoms with E-state index < -0.39 is 24.0 Å². The first kappa shape index (κ1) is 19.3. The van der Waals surface area contributed by atoms with E-state index >= 15 is 0 Å². The zero-order valence-electron chi connectivity index (χ0n) is 14.7. The standard InChI is InChI=1S/C17H20F3N2O3.Al/c1-11(17(18,19)20)24-15(23)22-7-4-13(5-8-22)16(2)9-12-3-6-21-10-14(12)25-16;/h3,10-11,13H,4-5,7-9H2,1-2H3;. The Labute approximate surface area is 158 Å². The van der Waals surface area contributed by atoms with Crippen molar-refractivity contribution in [2.24, 2.45) is 5.92 Å². The predicted molar refractivity (Wildman–Crippen MR) is 88.7 cm³/mol. The summed E-state index contributed by atoms with van der Waals surface area (Å²) in [5.74, 6) is 0.978. The molecule has 0 N–H and O–H groups in total. The molecular formula is C17H20AlF3N2O3. The Balaban J connectivity index is 1.57.